The average molecular weight is 275 g/mol. The van der Waals surface area contributed by atoms with Crippen LogP contribution in [-0.2, 0) is 4.79 Å². The Morgan fingerprint density at radius 3 is 2.44 bits per heavy atom. The topological polar surface area (TPSA) is 41.1 Å². The molecule has 2 rings (SSSR count). The third-order valence-corrected chi connectivity index (χ3v) is 4.27. The standard InChI is InChI=1S/C14H26N2O.ClH/c17-14(13-7-10-15-11-8-13)16-9-3-6-12-4-1-2-5-12;/h12-13,15H,1-11H2,(H,16,17);1H. The van der Waals surface area contributed by atoms with Crippen LogP contribution in [0.1, 0.15) is 51.4 Å². The summed E-state index contributed by atoms with van der Waals surface area (Å²) < 4.78 is 0. The minimum atomic E-state index is 0. The summed E-state index contributed by atoms with van der Waals surface area (Å²) in [7, 11) is 0. The molecule has 2 aliphatic rings. The molecule has 3 nitrogen and oxygen atoms in total. The molecule has 4 heteroatoms. The van der Waals surface area contributed by atoms with Crippen LogP contribution in [0.25, 0.3) is 0 Å². The Bertz CT molecular complexity index is 236. The predicted molar refractivity (Wildman–Crippen MR) is 77.0 cm³/mol. The van der Waals surface area contributed by atoms with Crippen molar-refractivity contribution in [3.05, 3.63) is 0 Å². The molecule has 0 aromatic heterocycles. The third-order valence-electron chi connectivity index (χ3n) is 4.27. The maximum Gasteiger partial charge on any atom is 0.223 e. The second-order valence-corrected chi connectivity index (χ2v) is 5.61. The van der Waals surface area contributed by atoms with Crippen LogP contribution in [-0.4, -0.2) is 25.5 Å². The van der Waals surface area contributed by atoms with Gasteiger partial charge < -0.3 is 10.6 Å². The van der Waals surface area contributed by atoms with E-state index in [9.17, 15) is 4.79 Å². The summed E-state index contributed by atoms with van der Waals surface area (Å²) >= 11 is 0. The fourth-order valence-electron chi connectivity index (χ4n) is 3.13. The van der Waals surface area contributed by atoms with Gasteiger partial charge in [-0.15, -0.1) is 12.4 Å². The van der Waals surface area contributed by atoms with Gasteiger partial charge in [0.2, 0.25) is 5.91 Å². The second kappa shape index (κ2) is 8.76. The number of carbonyl (C=O) groups excluding carboxylic acids is 1. The van der Waals surface area contributed by atoms with E-state index in [-0.39, 0.29) is 24.2 Å². The SMILES string of the molecule is Cl.O=C(NCCCC1CCCC1)C1CCNCC1. The van der Waals surface area contributed by atoms with Crippen LogP contribution in [0.3, 0.4) is 0 Å². The fraction of sp³-hybridized carbons (Fsp3) is 0.929. The van der Waals surface area contributed by atoms with Crippen molar-refractivity contribution in [2.75, 3.05) is 19.6 Å². The van der Waals surface area contributed by atoms with E-state index in [1.54, 1.807) is 0 Å². The van der Waals surface area contributed by atoms with Crippen molar-refractivity contribution >= 4 is 18.3 Å². The van der Waals surface area contributed by atoms with Gasteiger partial charge in [0.05, 0.1) is 0 Å². The van der Waals surface area contributed by atoms with Crippen molar-refractivity contribution in [1.29, 1.82) is 0 Å². The average Bonchev–Trinajstić information content (AvgIpc) is 2.88. The second-order valence-electron chi connectivity index (χ2n) is 5.61. The molecule has 0 atom stereocenters. The molecule has 1 saturated heterocycles. The first-order valence-corrected chi connectivity index (χ1v) is 7.34. The van der Waals surface area contributed by atoms with Crippen molar-refractivity contribution < 1.29 is 4.79 Å². The lowest BCUT2D eigenvalue weighted by atomic mass is 9.97. The largest absolute Gasteiger partial charge is 0.356 e. The van der Waals surface area contributed by atoms with Gasteiger partial charge in [0.1, 0.15) is 0 Å². The third kappa shape index (κ3) is 5.15. The Hall–Kier alpha value is -0.280. The molecule has 0 aromatic rings. The van der Waals surface area contributed by atoms with Crippen molar-refractivity contribution in [1.82, 2.24) is 10.6 Å². The van der Waals surface area contributed by atoms with Gasteiger partial charge in [-0.2, -0.15) is 0 Å². The molecule has 0 radical (unpaired) electrons. The molecular weight excluding hydrogens is 248 g/mol. The zero-order valence-corrected chi connectivity index (χ0v) is 12.1. The van der Waals surface area contributed by atoms with Gasteiger partial charge in [0.15, 0.2) is 0 Å². The quantitative estimate of drug-likeness (QED) is 0.757. The molecule has 106 valence electrons. The maximum atomic E-state index is 11.9. The van der Waals surface area contributed by atoms with E-state index >= 15 is 0 Å². The molecule has 2 fully saturated rings. The molecule has 1 saturated carbocycles. The molecular formula is C14H27ClN2O. The minimum absolute atomic E-state index is 0. The van der Waals surface area contributed by atoms with Crippen LogP contribution >= 0.6 is 12.4 Å². The van der Waals surface area contributed by atoms with E-state index in [0.717, 1.165) is 38.4 Å². The Balaban J connectivity index is 0.00000162. The molecule has 1 aliphatic heterocycles. The van der Waals surface area contributed by atoms with Gasteiger partial charge in [0, 0.05) is 12.5 Å². The molecule has 0 unspecified atom stereocenters. The van der Waals surface area contributed by atoms with E-state index in [2.05, 4.69) is 10.6 Å². The Kier molecular flexibility index (Phi) is 7.68. The highest BCUT2D eigenvalue weighted by molar-refractivity contribution is 5.85. The number of amides is 1. The van der Waals surface area contributed by atoms with Crippen LogP contribution in [0.15, 0.2) is 0 Å². The molecule has 1 amide bonds. The Labute approximate surface area is 117 Å². The van der Waals surface area contributed by atoms with Gasteiger partial charge in [-0.3, -0.25) is 4.79 Å². The van der Waals surface area contributed by atoms with Gasteiger partial charge in [-0.05, 0) is 44.7 Å². The van der Waals surface area contributed by atoms with Crippen LogP contribution in [0.5, 0.6) is 0 Å². The monoisotopic (exact) mass is 274 g/mol. The van der Waals surface area contributed by atoms with Gasteiger partial charge in [-0.25, -0.2) is 0 Å². The minimum Gasteiger partial charge on any atom is -0.356 e. The summed E-state index contributed by atoms with van der Waals surface area (Å²) in [5, 5.41) is 6.40. The zero-order chi connectivity index (χ0) is 11.9. The molecule has 0 spiro atoms. The first kappa shape index (κ1) is 15.8. The van der Waals surface area contributed by atoms with Crippen molar-refractivity contribution in [3.8, 4) is 0 Å². The molecule has 1 heterocycles. The number of hydrogen-bond donors (Lipinski definition) is 2. The van der Waals surface area contributed by atoms with Crippen molar-refractivity contribution in [3.63, 3.8) is 0 Å². The molecule has 1 aliphatic carbocycles. The molecule has 18 heavy (non-hydrogen) atoms. The molecule has 2 N–H and O–H groups in total. The highest BCUT2D eigenvalue weighted by atomic mass is 35.5. The summed E-state index contributed by atoms with van der Waals surface area (Å²) in [4.78, 5) is 11.9. The summed E-state index contributed by atoms with van der Waals surface area (Å²) in [6, 6.07) is 0. The first-order valence-electron chi connectivity index (χ1n) is 7.34. The van der Waals surface area contributed by atoms with Gasteiger partial charge in [-0.1, -0.05) is 25.7 Å². The van der Waals surface area contributed by atoms with Gasteiger partial charge in [0.25, 0.3) is 0 Å². The molecule has 0 aromatic carbocycles. The Morgan fingerprint density at radius 1 is 1.11 bits per heavy atom. The van der Waals surface area contributed by atoms with Crippen molar-refractivity contribution in [2.45, 2.75) is 51.4 Å². The van der Waals surface area contributed by atoms with E-state index in [1.807, 2.05) is 0 Å². The van der Waals surface area contributed by atoms with Crippen LogP contribution in [0.2, 0.25) is 0 Å². The van der Waals surface area contributed by atoms with E-state index in [1.165, 1.54) is 38.5 Å². The lowest BCUT2D eigenvalue weighted by Gasteiger charge is -2.21. The summed E-state index contributed by atoms with van der Waals surface area (Å²) in [6.45, 7) is 2.89. The van der Waals surface area contributed by atoms with Gasteiger partial charge >= 0.3 is 0 Å². The molecule has 0 bridgehead atoms. The fourth-order valence-corrected chi connectivity index (χ4v) is 3.13. The first-order chi connectivity index (χ1) is 8.36. The predicted octanol–water partition coefficient (Wildman–Crippen LogP) is 2.49. The van der Waals surface area contributed by atoms with Crippen LogP contribution in [0, 0.1) is 11.8 Å². The van der Waals surface area contributed by atoms with Crippen LogP contribution < -0.4 is 10.6 Å². The smallest absolute Gasteiger partial charge is 0.223 e. The number of hydrogen-bond acceptors (Lipinski definition) is 2. The number of halogens is 1. The normalized spacial score (nSPS) is 21.6. The summed E-state index contributed by atoms with van der Waals surface area (Å²) in [5.41, 5.74) is 0. The maximum absolute atomic E-state index is 11.9. The summed E-state index contributed by atoms with van der Waals surface area (Å²) in [6.07, 6.45) is 10.2. The van der Waals surface area contributed by atoms with E-state index in [4.69, 9.17) is 0 Å². The van der Waals surface area contributed by atoms with Crippen molar-refractivity contribution in [2.24, 2.45) is 11.8 Å². The van der Waals surface area contributed by atoms with E-state index < -0.39 is 0 Å². The zero-order valence-electron chi connectivity index (χ0n) is 11.2. The Morgan fingerprint density at radius 2 is 1.78 bits per heavy atom. The number of nitrogens with one attached hydrogen (secondary N) is 2. The van der Waals surface area contributed by atoms with Crippen LogP contribution in [0.4, 0.5) is 0 Å². The number of carbonyl (C=O) groups is 1. The number of piperidine rings is 1. The summed E-state index contributed by atoms with van der Waals surface area (Å²) in [5.74, 6) is 1.51. The lowest BCUT2D eigenvalue weighted by molar-refractivity contribution is -0.125. The lowest BCUT2D eigenvalue weighted by Crippen LogP contribution is -2.38. The van der Waals surface area contributed by atoms with E-state index in [0.29, 0.717) is 0 Å². The highest BCUT2D eigenvalue weighted by Gasteiger charge is 2.20. The highest BCUT2D eigenvalue weighted by Crippen LogP contribution is 2.28. The number of rotatable bonds is 5.